The number of amides is 1. The largest absolute Gasteiger partial charge is 0.302 e. The lowest BCUT2D eigenvalue weighted by Crippen LogP contribution is -2.29. The summed E-state index contributed by atoms with van der Waals surface area (Å²) in [6, 6.07) is 10.3. The molecule has 1 fully saturated rings. The van der Waals surface area contributed by atoms with Gasteiger partial charge in [0, 0.05) is 47.8 Å². The number of fused-ring (bicyclic) bond motifs is 1. The Kier molecular flexibility index (Phi) is 4.51. The van der Waals surface area contributed by atoms with E-state index in [9.17, 15) is 4.79 Å². The van der Waals surface area contributed by atoms with E-state index in [4.69, 9.17) is 4.98 Å². The van der Waals surface area contributed by atoms with Gasteiger partial charge in [0.25, 0.3) is 0 Å². The molecule has 7 heteroatoms. The number of nitrogens with one attached hydrogen (secondary N) is 1. The van der Waals surface area contributed by atoms with Crippen molar-refractivity contribution in [3.05, 3.63) is 52.0 Å². The van der Waals surface area contributed by atoms with Crippen molar-refractivity contribution < 1.29 is 4.79 Å². The highest BCUT2D eigenvalue weighted by Gasteiger charge is 2.30. The molecule has 0 radical (unpaired) electrons. The second-order valence-corrected chi connectivity index (χ2v) is 9.06. The number of rotatable bonds is 5. The van der Waals surface area contributed by atoms with Crippen LogP contribution < -0.4 is 5.32 Å². The third-order valence-electron chi connectivity index (χ3n) is 4.95. The maximum Gasteiger partial charge on any atom is 0.229 e. The number of benzene rings is 1. The van der Waals surface area contributed by atoms with Crippen molar-refractivity contribution in [3.63, 3.8) is 0 Å². The van der Waals surface area contributed by atoms with Gasteiger partial charge in [-0.15, -0.1) is 22.7 Å². The molecular formula is C20H20N4OS2. The Morgan fingerprint density at radius 3 is 2.89 bits per heavy atom. The summed E-state index contributed by atoms with van der Waals surface area (Å²) in [6.45, 7) is 2.71. The van der Waals surface area contributed by atoms with E-state index in [1.807, 2.05) is 18.2 Å². The van der Waals surface area contributed by atoms with Crippen molar-refractivity contribution in [1.82, 2.24) is 14.9 Å². The Morgan fingerprint density at radius 1 is 1.22 bits per heavy atom. The van der Waals surface area contributed by atoms with Gasteiger partial charge in [0.15, 0.2) is 5.13 Å². The molecule has 27 heavy (non-hydrogen) atoms. The Bertz CT molecular complexity index is 962. The van der Waals surface area contributed by atoms with Crippen LogP contribution in [0.5, 0.6) is 0 Å². The fraction of sp³-hybridized carbons (Fsp3) is 0.350. The third kappa shape index (κ3) is 3.81. The van der Waals surface area contributed by atoms with Crippen LogP contribution in [0.4, 0.5) is 5.13 Å². The first kappa shape index (κ1) is 17.0. The van der Waals surface area contributed by atoms with Crippen LogP contribution >= 0.6 is 22.7 Å². The highest BCUT2D eigenvalue weighted by Crippen LogP contribution is 2.33. The average molecular weight is 397 g/mol. The minimum absolute atomic E-state index is 0.133. The van der Waals surface area contributed by atoms with Crippen LogP contribution in [-0.4, -0.2) is 27.3 Å². The molecule has 1 N–H and O–H groups in total. The maximum absolute atomic E-state index is 12.0. The van der Waals surface area contributed by atoms with Gasteiger partial charge in [-0.1, -0.05) is 30.3 Å². The molecule has 1 saturated carbocycles. The van der Waals surface area contributed by atoms with E-state index in [-0.39, 0.29) is 11.8 Å². The molecule has 0 atom stereocenters. The molecule has 0 unspecified atom stereocenters. The van der Waals surface area contributed by atoms with Gasteiger partial charge in [0.2, 0.25) is 5.91 Å². The number of carbonyl (C=O) groups excluding carboxylic acids is 1. The summed E-state index contributed by atoms with van der Waals surface area (Å²) in [7, 11) is 0. The van der Waals surface area contributed by atoms with Crippen LogP contribution in [0.15, 0.2) is 35.7 Å². The summed E-state index contributed by atoms with van der Waals surface area (Å²) in [5.41, 5.74) is 3.44. The second-order valence-electron chi connectivity index (χ2n) is 7.12. The third-order valence-corrected chi connectivity index (χ3v) is 6.88. The Hall–Kier alpha value is -2.09. The zero-order chi connectivity index (χ0) is 18.2. The first-order valence-corrected chi connectivity index (χ1v) is 11.0. The molecule has 3 heterocycles. The van der Waals surface area contributed by atoms with Gasteiger partial charge in [-0.2, -0.15) is 0 Å². The van der Waals surface area contributed by atoms with Gasteiger partial charge in [-0.3, -0.25) is 9.69 Å². The summed E-state index contributed by atoms with van der Waals surface area (Å²) < 4.78 is 0. The van der Waals surface area contributed by atoms with E-state index in [1.165, 1.54) is 10.4 Å². The Balaban J connectivity index is 1.24. The molecular weight excluding hydrogens is 376 g/mol. The van der Waals surface area contributed by atoms with Gasteiger partial charge in [0.05, 0.1) is 11.4 Å². The van der Waals surface area contributed by atoms with Gasteiger partial charge in [-0.05, 0) is 12.8 Å². The smallest absolute Gasteiger partial charge is 0.229 e. The molecule has 1 aliphatic heterocycles. The van der Waals surface area contributed by atoms with Crippen LogP contribution in [0.25, 0.3) is 10.6 Å². The van der Waals surface area contributed by atoms with E-state index in [2.05, 4.69) is 32.7 Å². The molecule has 0 saturated heterocycles. The SMILES string of the molecule is O=C(Nc1nc2c(s1)CN(Cc1csc(-c3ccccc3)n1)CC2)C1CC1. The maximum atomic E-state index is 12.0. The second kappa shape index (κ2) is 7.14. The summed E-state index contributed by atoms with van der Waals surface area (Å²) in [6.07, 6.45) is 2.97. The van der Waals surface area contributed by atoms with Crippen LogP contribution in [-0.2, 0) is 24.3 Å². The van der Waals surface area contributed by atoms with Gasteiger partial charge in [-0.25, -0.2) is 9.97 Å². The van der Waals surface area contributed by atoms with Crippen molar-refractivity contribution >= 4 is 33.7 Å². The van der Waals surface area contributed by atoms with Crippen molar-refractivity contribution in [2.75, 3.05) is 11.9 Å². The molecule has 1 aromatic carbocycles. The lowest BCUT2D eigenvalue weighted by atomic mass is 10.2. The van der Waals surface area contributed by atoms with Crippen molar-refractivity contribution in [2.24, 2.45) is 5.92 Å². The molecule has 2 aliphatic rings. The number of carbonyl (C=O) groups is 1. The first-order valence-electron chi connectivity index (χ1n) is 9.26. The topological polar surface area (TPSA) is 58.1 Å². The van der Waals surface area contributed by atoms with E-state index < -0.39 is 0 Å². The monoisotopic (exact) mass is 396 g/mol. The summed E-state index contributed by atoms with van der Waals surface area (Å²) in [4.78, 5) is 25.1. The van der Waals surface area contributed by atoms with Crippen molar-refractivity contribution in [3.8, 4) is 10.6 Å². The van der Waals surface area contributed by atoms with E-state index >= 15 is 0 Å². The number of hydrogen-bond acceptors (Lipinski definition) is 6. The normalized spacial score (nSPS) is 16.9. The van der Waals surface area contributed by atoms with Crippen LogP contribution in [0.1, 0.15) is 29.1 Å². The van der Waals surface area contributed by atoms with Gasteiger partial charge in [0.1, 0.15) is 5.01 Å². The molecule has 0 bridgehead atoms. The number of nitrogens with zero attached hydrogens (tertiary/aromatic N) is 3. The molecule has 0 spiro atoms. The zero-order valence-electron chi connectivity index (χ0n) is 14.9. The molecule has 1 aliphatic carbocycles. The minimum atomic E-state index is 0.133. The molecule has 2 aromatic heterocycles. The number of aromatic nitrogens is 2. The highest BCUT2D eigenvalue weighted by molar-refractivity contribution is 7.15. The molecule has 1 amide bonds. The van der Waals surface area contributed by atoms with E-state index in [1.54, 1.807) is 22.7 Å². The summed E-state index contributed by atoms with van der Waals surface area (Å²) in [5.74, 6) is 0.347. The van der Waals surface area contributed by atoms with Crippen LogP contribution in [0, 0.1) is 5.92 Å². The lowest BCUT2D eigenvalue weighted by Gasteiger charge is -2.24. The number of anilines is 1. The Morgan fingerprint density at radius 2 is 2.07 bits per heavy atom. The fourth-order valence-electron chi connectivity index (χ4n) is 3.31. The fourth-order valence-corrected chi connectivity index (χ4v) is 5.18. The zero-order valence-corrected chi connectivity index (χ0v) is 16.5. The Labute approximate surface area is 166 Å². The highest BCUT2D eigenvalue weighted by atomic mass is 32.1. The predicted octanol–water partition coefficient (Wildman–Crippen LogP) is 4.17. The first-order chi connectivity index (χ1) is 13.2. The number of hydrogen-bond donors (Lipinski definition) is 1. The lowest BCUT2D eigenvalue weighted by molar-refractivity contribution is -0.117. The molecule has 5 rings (SSSR count). The van der Waals surface area contributed by atoms with Crippen molar-refractivity contribution in [2.45, 2.75) is 32.4 Å². The van der Waals surface area contributed by atoms with Crippen molar-refractivity contribution in [1.29, 1.82) is 0 Å². The standard InChI is InChI=1S/C20H20N4OS2/c25-18(13-6-7-13)23-20-22-16-8-9-24(11-17(16)27-20)10-15-12-26-19(21-15)14-4-2-1-3-5-14/h1-5,12-13H,6-11H2,(H,22,23,25). The molecule has 3 aromatic rings. The average Bonchev–Trinajstić information content (AvgIpc) is 3.32. The predicted molar refractivity (Wildman–Crippen MR) is 109 cm³/mol. The molecule has 138 valence electrons. The summed E-state index contributed by atoms with van der Waals surface area (Å²) in [5, 5.41) is 6.98. The summed E-state index contributed by atoms with van der Waals surface area (Å²) >= 11 is 3.32. The van der Waals surface area contributed by atoms with E-state index in [0.29, 0.717) is 0 Å². The van der Waals surface area contributed by atoms with Crippen LogP contribution in [0.2, 0.25) is 0 Å². The number of thiazole rings is 2. The minimum Gasteiger partial charge on any atom is -0.302 e. The van der Waals surface area contributed by atoms with Gasteiger partial charge < -0.3 is 5.32 Å². The molecule has 5 nitrogen and oxygen atoms in total. The van der Waals surface area contributed by atoms with Crippen LogP contribution in [0.3, 0.4) is 0 Å². The van der Waals surface area contributed by atoms with Gasteiger partial charge >= 0.3 is 0 Å². The van der Waals surface area contributed by atoms with E-state index in [0.717, 1.165) is 60.4 Å². The quantitative estimate of drug-likeness (QED) is 0.703.